The van der Waals surface area contributed by atoms with Gasteiger partial charge in [0.1, 0.15) is 6.04 Å². The lowest BCUT2D eigenvalue weighted by molar-refractivity contribution is -0.138. The molecule has 0 saturated carbocycles. The van der Waals surface area contributed by atoms with Gasteiger partial charge in [-0.05, 0) is 35.0 Å². The van der Waals surface area contributed by atoms with Gasteiger partial charge in [-0.25, -0.2) is 0 Å². The highest BCUT2D eigenvalue weighted by molar-refractivity contribution is 9.10. The molecule has 6 nitrogen and oxygen atoms in total. The summed E-state index contributed by atoms with van der Waals surface area (Å²) < 4.78 is 11.0. The highest BCUT2D eigenvalue weighted by Gasteiger charge is 2.22. The lowest BCUT2D eigenvalue weighted by Crippen LogP contribution is -2.38. The van der Waals surface area contributed by atoms with Gasteiger partial charge in [0.15, 0.2) is 11.5 Å². The van der Waals surface area contributed by atoms with E-state index in [9.17, 15) is 9.59 Å². The Hall–Kier alpha value is -1.76. The Morgan fingerprint density at radius 2 is 2.17 bits per heavy atom. The molecule has 0 saturated heterocycles. The van der Waals surface area contributed by atoms with Gasteiger partial charge >= 0.3 is 5.97 Å². The highest BCUT2D eigenvalue weighted by atomic mass is 79.9. The van der Waals surface area contributed by atoms with Crippen molar-refractivity contribution in [1.29, 1.82) is 0 Å². The van der Waals surface area contributed by atoms with E-state index in [0.717, 1.165) is 0 Å². The van der Waals surface area contributed by atoms with Gasteiger partial charge in [-0.3, -0.25) is 9.59 Å². The van der Waals surface area contributed by atoms with E-state index < -0.39 is 17.9 Å². The van der Waals surface area contributed by atoms with Crippen molar-refractivity contribution in [2.45, 2.75) is 13.0 Å². The zero-order valence-electron chi connectivity index (χ0n) is 9.40. The number of carbonyl (C=O) groups excluding carboxylic acids is 1. The van der Waals surface area contributed by atoms with Crippen molar-refractivity contribution in [3.05, 3.63) is 22.2 Å². The predicted molar refractivity (Wildman–Crippen MR) is 64.8 cm³/mol. The second kappa shape index (κ2) is 4.85. The standard InChI is InChI=1S/C11H10BrNO5/c1-5(11(15)16)13-10(14)6-2-7(12)9-8(3-6)17-4-18-9/h2-3,5H,4H2,1H3,(H,13,14)(H,15,16)/t5-/m1/s1. The molecular weight excluding hydrogens is 306 g/mol. The van der Waals surface area contributed by atoms with Crippen LogP contribution < -0.4 is 14.8 Å². The molecule has 7 heteroatoms. The number of ether oxygens (including phenoxy) is 2. The fourth-order valence-electron chi connectivity index (χ4n) is 1.44. The number of hydrogen-bond donors (Lipinski definition) is 2. The second-order valence-electron chi connectivity index (χ2n) is 3.73. The van der Waals surface area contributed by atoms with Gasteiger partial charge < -0.3 is 19.9 Å². The summed E-state index contributed by atoms with van der Waals surface area (Å²) >= 11 is 3.26. The summed E-state index contributed by atoms with van der Waals surface area (Å²) in [6.07, 6.45) is 0. The third-order valence-corrected chi connectivity index (χ3v) is 3.00. The first-order chi connectivity index (χ1) is 8.49. The van der Waals surface area contributed by atoms with Gasteiger partial charge in [0.25, 0.3) is 5.91 Å². The van der Waals surface area contributed by atoms with Crippen LogP contribution >= 0.6 is 15.9 Å². The van der Waals surface area contributed by atoms with Gasteiger partial charge in [-0.15, -0.1) is 0 Å². The third kappa shape index (κ3) is 2.40. The average Bonchev–Trinajstić information content (AvgIpc) is 2.77. The first kappa shape index (κ1) is 12.7. The van der Waals surface area contributed by atoms with Crippen molar-refractivity contribution in [1.82, 2.24) is 5.32 Å². The molecule has 18 heavy (non-hydrogen) atoms. The van der Waals surface area contributed by atoms with E-state index in [-0.39, 0.29) is 6.79 Å². The van der Waals surface area contributed by atoms with Crippen LogP contribution in [0.25, 0.3) is 0 Å². The van der Waals surface area contributed by atoms with Crippen LogP contribution in [0.1, 0.15) is 17.3 Å². The highest BCUT2D eigenvalue weighted by Crippen LogP contribution is 2.39. The Morgan fingerprint density at radius 3 is 2.83 bits per heavy atom. The summed E-state index contributed by atoms with van der Waals surface area (Å²) in [6, 6.07) is 2.11. The van der Waals surface area contributed by atoms with Gasteiger partial charge in [0, 0.05) is 5.56 Å². The maximum atomic E-state index is 11.8. The summed E-state index contributed by atoms with van der Waals surface area (Å²) in [4.78, 5) is 22.5. The molecule has 0 unspecified atom stereocenters. The zero-order chi connectivity index (χ0) is 13.3. The van der Waals surface area contributed by atoms with E-state index in [2.05, 4.69) is 21.2 Å². The van der Waals surface area contributed by atoms with Crippen molar-refractivity contribution >= 4 is 27.8 Å². The fraction of sp³-hybridized carbons (Fsp3) is 0.273. The quantitative estimate of drug-likeness (QED) is 0.880. The molecule has 1 heterocycles. The summed E-state index contributed by atoms with van der Waals surface area (Å²) in [6.45, 7) is 1.49. The minimum atomic E-state index is -1.09. The summed E-state index contributed by atoms with van der Waals surface area (Å²) in [5, 5.41) is 11.1. The first-order valence-corrected chi connectivity index (χ1v) is 5.91. The molecule has 2 N–H and O–H groups in total. The Balaban J connectivity index is 2.21. The number of nitrogens with one attached hydrogen (secondary N) is 1. The van der Waals surface area contributed by atoms with Crippen LogP contribution in [0.2, 0.25) is 0 Å². The molecule has 1 aliphatic rings. The number of hydrogen-bond acceptors (Lipinski definition) is 4. The van der Waals surface area contributed by atoms with Crippen LogP contribution in [0, 0.1) is 0 Å². The van der Waals surface area contributed by atoms with Crippen molar-refractivity contribution in [3.63, 3.8) is 0 Å². The maximum Gasteiger partial charge on any atom is 0.325 e. The van der Waals surface area contributed by atoms with E-state index in [1.165, 1.54) is 13.0 Å². The number of benzene rings is 1. The molecule has 1 atom stereocenters. The second-order valence-corrected chi connectivity index (χ2v) is 4.58. The molecule has 0 fully saturated rings. The molecule has 0 bridgehead atoms. The van der Waals surface area contributed by atoms with Crippen molar-refractivity contribution < 1.29 is 24.2 Å². The molecule has 96 valence electrons. The van der Waals surface area contributed by atoms with Gasteiger partial charge in [0.2, 0.25) is 6.79 Å². The number of carbonyl (C=O) groups is 2. The monoisotopic (exact) mass is 315 g/mol. The minimum absolute atomic E-state index is 0.102. The zero-order valence-corrected chi connectivity index (χ0v) is 11.0. The first-order valence-electron chi connectivity index (χ1n) is 5.12. The molecule has 0 radical (unpaired) electrons. The number of halogens is 1. The molecule has 1 aliphatic heterocycles. The lowest BCUT2D eigenvalue weighted by Gasteiger charge is -2.10. The van der Waals surface area contributed by atoms with Crippen LogP contribution in [0.15, 0.2) is 16.6 Å². The third-order valence-electron chi connectivity index (χ3n) is 2.41. The SMILES string of the molecule is C[C@@H](NC(=O)c1cc(Br)c2c(c1)OCO2)C(=O)O. The maximum absolute atomic E-state index is 11.8. The van der Waals surface area contributed by atoms with Crippen molar-refractivity contribution in [2.75, 3.05) is 6.79 Å². The fourth-order valence-corrected chi connectivity index (χ4v) is 2.00. The molecule has 2 rings (SSSR count). The Kier molecular flexibility index (Phi) is 3.42. The molecule has 0 aromatic heterocycles. The molecule has 1 aromatic rings. The minimum Gasteiger partial charge on any atom is -0.480 e. The number of amides is 1. The number of carboxylic acids is 1. The van der Waals surface area contributed by atoms with Gasteiger partial charge in [0.05, 0.1) is 4.47 Å². The van der Waals surface area contributed by atoms with Crippen molar-refractivity contribution in [2.24, 2.45) is 0 Å². The molecule has 1 aromatic carbocycles. The molecule has 0 aliphatic carbocycles. The van der Waals surface area contributed by atoms with Gasteiger partial charge in [-0.2, -0.15) is 0 Å². The molecular formula is C11H10BrNO5. The predicted octanol–water partition coefficient (Wildman–Crippen LogP) is 1.38. The summed E-state index contributed by atoms with van der Waals surface area (Å²) in [7, 11) is 0. The Bertz CT molecular complexity index is 516. The topological polar surface area (TPSA) is 84.9 Å². The lowest BCUT2D eigenvalue weighted by atomic mass is 10.1. The van der Waals surface area contributed by atoms with E-state index in [0.29, 0.717) is 21.5 Å². The van der Waals surface area contributed by atoms with Crippen LogP contribution in [-0.4, -0.2) is 29.8 Å². The van der Waals surface area contributed by atoms with Crippen LogP contribution in [0.5, 0.6) is 11.5 Å². The summed E-state index contributed by atoms with van der Waals surface area (Å²) in [5.41, 5.74) is 0.305. The van der Waals surface area contributed by atoms with Crippen LogP contribution in [-0.2, 0) is 4.79 Å². The van der Waals surface area contributed by atoms with E-state index >= 15 is 0 Å². The van der Waals surface area contributed by atoms with Gasteiger partial charge in [-0.1, -0.05) is 0 Å². The number of aliphatic carboxylic acids is 1. The Morgan fingerprint density at radius 1 is 1.44 bits per heavy atom. The average molecular weight is 316 g/mol. The van der Waals surface area contributed by atoms with Crippen LogP contribution in [0.3, 0.4) is 0 Å². The van der Waals surface area contributed by atoms with E-state index in [1.807, 2.05) is 0 Å². The van der Waals surface area contributed by atoms with E-state index in [1.54, 1.807) is 6.07 Å². The molecule has 0 spiro atoms. The van der Waals surface area contributed by atoms with Crippen molar-refractivity contribution in [3.8, 4) is 11.5 Å². The number of fused-ring (bicyclic) bond motifs is 1. The van der Waals surface area contributed by atoms with Crippen LogP contribution in [0.4, 0.5) is 0 Å². The summed E-state index contributed by atoms with van der Waals surface area (Å²) in [5.74, 6) is -0.581. The molecule has 1 amide bonds. The van der Waals surface area contributed by atoms with E-state index in [4.69, 9.17) is 14.6 Å². The number of rotatable bonds is 3. The largest absolute Gasteiger partial charge is 0.480 e. The Labute approximate surface area is 111 Å². The number of carboxylic acid groups (broad SMARTS) is 1. The normalized spacial score (nSPS) is 14.1. The smallest absolute Gasteiger partial charge is 0.325 e.